The Labute approximate surface area is 86.4 Å². The molecule has 14 heavy (non-hydrogen) atoms. The third kappa shape index (κ3) is 1.90. The van der Waals surface area contributed by atoms with E-state index in [0.29, 0.717) is 18.1 Å². The number of anilines is 1. The molecule has 0 aliphatic heterocycles. The fraction of sp³-hybridized carbons (Fsp3) is 0.222. The molecule has 0 aliphatic rings. The number of nitrogens with zero attached hydrogens (tertiary/aromatic N) is 3. The minimum absolute atomic E-state index is 0.556. The summed E-state index contributed by atoms with van der Waals surface area (Å²) in [4.78, 5) is 12.5. The molecule has 0 fully saturated rings. The van der Waals surface area contributed by atoms with E-state index in [4.69, 9.17) is 11.6 Å². The molecule has 0 spiro atoms. The first kappa shape index (κ1) is 9.15. The highest BCUT2D eigenvalue weighted by Gasteiger charge is 1.97. The van der Waals surface area contributed by atoms with Gasteiger partial charge in [-0.25, -0.2) is 9.97 Å². The molecule has 4 nitrogen and oxygen atoms in total. The first-order valence-electron chi connectivity index (χ1n) is 4.28. The quantitative estimate of drug-likeness (QED) is 0.780. The van der Waals surface area contributed by atoms with Crippen LogP contribution in [0.3, 0.4) is 0 Å². The molecule has 0 radical (unpaired) electrons. The van der Waals surface area contributed by atoms with Crippen LogP contribution in [0, 0.1) is 0 Å². The molecular weight excluding hydrogens is 200 g/mol. The van der Waals surface area contributed by atoms with Crippen molar-refractivity contribution in [2.45, 2.75) is 0 Å². The standard InChI is InChI=1S/C9H9ClN4/c10-3-4-12-8-2-1-7-9(14-8)13-6-5-11-7/h1-2,5-6H,3-4H2,(H,12,13,14). The molecule has 2 aromatic rings. The minimum atomic E-state index is 0.556. The summed E-state index contributed by atoms with van der Waals surface area (Å²) < 4.78 is 0. The topological polar surface area (TPSA) is 50.7 Å². The number of aromatic nitrogens is 3. The van der Waals surface area contributed by atoms with Crippen molar-refractivity contribution in [2.24, 2.45) is 0 Å². The van der Waals surface area contributed by atoms with Crippen LogP contribution in [0.25, 0.3) is 11.2 Å². The van der Waals surface area contributed by atoms with E-state index in [9.17, 15) is 0 Å². The van der Waals surface area contributed by atoms with E-state index in [2.05, 4.69) is 20.3 Å². The lowest BCUT2D eigenvalue weighted by Gasteiger charge is -2.02. The minimum Gasteiger partial charge on any atom is -0.369 e. The van der Waals surface area contributed by atoms with Gasteiger partial charge in [-0.15, -0.1) is 11.6 Å². The first-order chi connectivity index (χ1) is 6.90. The smallest absolute Gasteiger partial charge is 0.180 e. The SMILES string of the molecule is ClCCNc1ccc2nccnc2n1. The molecule has 1 N–H and O–H groups in total. The maximum atomic E-state index is 5.55. The summed E-state index contributed by atoms with van der Waals surface area (Å²) in [6.07, 6.45) is 3.27. The molecule has 0 bridgehead atoms. The van der Waals surface area contributed by atoms with Crippen LogP contribution in [0.1, 0.15) is 0 Å². The van der Waals surface area contributed by atoms with Crippen molar-refractivity contribution in [3.8, 4) is 0 Å². The maximum absolute atomic E-state index is 5.55. The van der Waals surface area contributed by atoms with E-state index in [1.807, 2.05) is 12.1 Å². The number of nitrogens with one attached hydrogen (secondary N) is 1. The van der Waals surface area contributed by atoms with Crippen LogP contribution in [0.2, 0.25) is 0 Å². The molecule has 0 atom stereocenters. The number of rotatable bonds is 3. The van der Waals surface area contributed by atoms with Crippen molar-refractivity contribution in [1.82, 2.24) is 15.0 Å². The third-order valence-electron chi connectivity index (χ3n) is 1.73. The van der Waals surface area contributed by atoms with E-state index >= 15 is 0 Å². The van der Waals surface area contributed by atoms with Gasteiger partial charge in [0.05, 0.1) is 0 Å². The average Bonchev–Trinajstić information content (AvgIpc) is 2.26. The predicted molar refractivity (Wildman–Crippen MR) is 56.5 cm³/mol. The monoisotopic (exact) mass is 208 g/mol. The van der Waals surface area contributed by atoms with Gasteiger partial charge in [-0.05, 0) is 12.1 Å². The van der Waals surface area contributed by atoms with Gasteiger partial charge in [0.2, 0.25) is 0 Å². The van der Waals surface area contributed by atoms with Gasteiger partial charge in [-0.2, -0.15) is 0 Å². The molecule has 2 rings (SSSR count). The Morgan fingerprint density at radius 3 is 2.93 bits per heavy atom. The van der Waals surface area contributed by atoms with Crippen LogP contribution in [0.4, 0.5) is 5.82 Å². The second kappa shape index (κ2) is 4.19. The molecule has 0 amide bonds. The molecule has 72 valence electrons. The zero-order valence-corrected chi connectivity index (χ0v) is 8.20. The number of pyridine rings is 1. The van der Waals surface area contributed by atoms with Crippen LogP contribution in [-0.2, 0) is 0 Å². The Hall–Kier alpha value is -1.42. The van der Waals surface area contributed by atoms with Crippen LogP contribution < -0.4 is 5.32 Å². The molecule has 0 unspecified atom stereocenters. The summed E-state index contributed by atoms with van der Waals surface area (Å²) in [6, 6.07) is 3.75. The highest BCUT2D eigenvalue weighted by molar-refractivity contribution is 6.18. The van der Waals surface area contributed by atoms with Crippen molar-refractivity contribution in [2.75, 3.05) is 17.7 Å². The summed E-state index contributed by atoms with van der Waals surface area (Å²) in [5.41, 5.74) is 1.44. The molecular formula is C9H9ClN4. The van der Waals surface area contributed by atoms with Gasteiger partial charge in [0.1, 0.15) is 11.3 Å². The summed E-state index contributed by atoms with van der Waals surface area (Å²) in [5, 5.41) is 3.08. The fourth-order valence-corrected chi connectivity index (χ4v) is 1.22. The first-order valence-corrected chi connectivity index (χ1v) is 4.81. The molecule has 0 saturated heterocycles. The van der Waals surface area contributed by atoms with E-state index in [1.165, 1.54) is 0 Å². The van der Waals surface area contributed by atoms with Gasteiger partial charge >= 0.3 is 0 Å². The third-order valence-corrected chi connectivity index (χ3v) is 1.92. The Balaban J connectivity index is 2.32. The largest absolute Gasteiger partial charge is 0.369 e. The molecule has 2 heterocycles. The lowest BCUT2D eigenvalue weighted by molar-refractivity contribution is 1.16. The van der Waals surface area contributed by atoms with Crippen LogP contribution in [0.15, 0.2) is 24.5 Å². The zero-order valence-electron chi connectivity index (χ0n) is 7.44. The van der Waals surface area contributed by atoms with Gasteiger partial charge in [0, 0.05) is 24.8 Å². The summed E-state index contributed by atoms with van der Waals surface area (Å²) in [7, 11) is 0. The number of hydrogen-bond acceptors (Lipinski definition) is 4. The molecule has 0 saturated carbocycles. The lowest BCUT2D eigenvalue weighted by Crippen LogP contribution is -2.04. The van der Waals surface area contributed by atoms with Gasteiger partial charge < -0.3 is 5.32 Å². The predicted octanol–water partition coefficient (Wildman–Crippen LogP) is 1.68. The van der Waals surface area contributed by atoms with Crippen molar-refractivity contribution >= 4 is 28.6 Å². The van der Waals surface area contributed by atoms with E-state index < -0.39 is 0 Å². The van der Waals surface area contributed by atoms with Crippen molar-refractivity contribution < 1.29 is 0 Å². The average molecular weight is 209 g/mol. The summed E-state index contributed by atoms with van der Waals surface area (Å²) >= 11 is 5.55. The van der Waals surface area contributed by atoms with Crippen LogP contribution in [-0.4, -0.2) is 27.4 Å². The highest BCUT2D eigenvalue weighted by atomic mass is 35.5. The second-order valence-electron chi connectivity index (χ2n) is 2.71. The Morgan fingerprint density at radius 2 is 2.07 bits per heavy atom. The van der Waals surface area contributed by atoms with E-state index in [-0.39, 0.29) is 0 Å². The summed E-state index contributed by atoms with van der Waals surface area (Å²) in [6.45, 7) is 0.695. The van der Waals surface area contributed by atoms with Crippen LogP contribution >= 0.6 is 11.6 Å². The molecule has 5 heteroatoms. The van der Waals surface area contributed by atoms with Gasteiger partial charge in [-0.1, -0.05) is 0 Å². The van der Waals surface area contributed by atoms with Crippen molar-refractivity contribution in [3.05, 3.63) is 24.5 Å². The number of fused-ring (bicyclic) bond motifs is 1. The Bertz CT molecular complexity index is 432. The zero-order chi connectivity index (χ0) is 9.80. The number of alkyl halides is 1. The summed E-state index contributed by atoms with van der Waals surface area (Å²) in [5.74, 6) is 1.33. The van der Waals surface area contributed by atoms with Gasteiger partial charge in [0.15, 0.2) is 5.65 Å². The molecule has 0 aromatic carbocycles. The Kier molecular flexibility index (Phi) is 2.74. The molecule has 2 aromatic heterocycles. The Morgan fingerprint density at radius 1 is 1.21 bits per heavy atom. The van der Waals surface area contributed by atoms with E-state index in [0.717, 1.165) is 11.3 Å². The second-order valence-corrected chi connectivity index (χ2v) is 3.09. The van der Waals surface area contributed by atoms with Gasteiger partial charge in [0.25, 0.3) is 0 Å². The lowest BCUT2D eigenvalue weighted by atomic mass is 10.4. The van der Waals surface area contributed by atoms with Gasteiger partial charge in [-0.3, -0.25) is 4.98 Å². The van der Waals surface area contributed by atoms with Crippen molar-refractivity contribution in [1.29, 1.82) is 0 Å². The molecule has 0 aliphatic carbocycles. The van der Waals surface area contributed by atoms with Crippen molar-refractivity contribution in [3.63, 3.8) is 0 Å². The maximum Gasteiger partial charge on any atom is 0.180 e. The number of hydrogen-bond donors (Lipinski definition) is 1. The fourth-order valence-electron chi connectivity index (χ4n) is 1.13. The number of halogens is 1. The van der Waals surface area contributed by atoms with Crippen LogP contribution in [0.5, 0.6) is 0 Å². The van der Waals surface area contributed by atoms with E-state index in [1.54, 1.807) is 12.4 Å². The highest BCUT2D eigenvalue weighted by Crippen LogP contribution is 2.09. The normalized spacial score (nSPS) is 10.4.